The fraction of sp³-hybridized carbons (Fsp3) is 0.435. The van der Waals surface area contributed by atoms with E-state index in [1.807, 2.05) is 0 Å². The van der Waals surface area contributed by atoms with Crippen molar-refractivity contribution in [2.24, 2.45) is 7.05 Å². The van der Waals surface area contributed by atoms with Crippen LogP contribution in [0.1, 0.15) is 42.4 Å². The van der Waals surface area contributed by atoms with E-state index < -0.39 is 34.2 Å². The summed E-state index contributed by atoms with van der Waals surface area (Å²) in [7, 11) is 2.16. The number of rotatable bonds is 6. The predicted molar refractivity (Wildman–Crippen MR) is 124 cm³/mol. The van der Waals surface area contributed by atoms with Gasteiger partial charge in [0.05, 0.1) is 22.1 Å². The lowest BCUT2D eigenvalue weighted by atomic mass is 9.86. The van der Waals surface area contributed by atoms with Crippen LogP contribution in [0.25, 0.3) is 11.0 Å². The number of hydrogen-bond acceptors (Lipinski definition) is 6. The molecule has 1 N–H and O–H groups in total. The standard InChI is InChI=1S/C23H25F3N4O3S/c1-30-21-16(11-17(22(30)31)23(33-2)7-4-9-34(32)10-8-23)20(28-13-29-21)27-12-14-5-3-6-15(18(14)24)19(25)26/h3,5-6,11,13,19H,4,7-10,12H2,1-2H3,(H,27,28,29). The summed E-state index contributed by atoms with van der Waals surface area (Å²) in [5.74, 6) is 0.331. The number of aromatic nitrogens is 3. The molecular weight excluding hydrogens is 469 g/mol. The topological polar surface area (TPSA) is 86.1 Å². The number of nitrogens with zero attached hydrogens (tertiary/aromatic N) is 3. The first-order valence-electron chi connectivity index (χ1n) is 10.8. The molecule has 0 bridgehead atoms. The predicted octanol–water partition coefficient (Wildman–Crippen LogP) is 3.79. The van der Waals surface area contributed by atoms with Gasteiger partial charge >= 0.3 is 0 Å². The molecule has 0 aliphatic carbocycles. The zero-order valence-corrected chi connectivity index (χ0v) is 19.6. The second kappa shape index (κ2) is 9.83. The molecule has 1 saturated heterocycles. The lowest BCUT2D eigenvalue weighted by Crippen LogP contribution is -2.37. The smallest absolute Gasteiger partial charge is 0.266 e. The van der Waals surface area contributed by atoms with E-state index in [4.69, 9.17) is 4.74 Å². The highest BCUT2D eigenvalue weighted by atomic mass is 32.2. The maximum Gasteiger partial charge on any atom is 0.266 e. The number of ether oxygens (including phenoxy) is 1. The number of anilines is 1. The van der Waals surface area contributed by atoms with Crippen molar-refractivity contribution in [3.8, 4) is 0 Å². The van der Waals surface area contributed by atoms with E-state index in [2.05, 4.69) is 15.3 Å². The Morgan fingerprint density at radius 1 is 1.26 bits per heavy atom. The summed E-state index contributed by atoms with van der Waals surface area (Å²) in [6.45, 7) is -0.0922. The second-order valence-electron chi connectivity index (χ2n) is 8.26. The Morgan fingerprint density at radius 3 is 2.79 bits per heavy atom. The number of fused-ring (bicyclic) bond motifs is 1. The number of aryl methyl sites for hydroxylation is 1. The van der Waals surface area contributed by atoms with Crippen LogP contribution in [-0.4, -0.2) is 37.4 Å². The number of halogens is 3. The van der Waals surface area contributed by atoms with Crippen molar-refractivity contribution in [1.82, 2.24) is 14.5 Å². The van der Waals surface area contributed by atoms with E-state index in [-0.39, 0.29) is 17.7 Å². The number of nitrogens with one attached hydrogen (secondary N) is 1. The highest BCUT2D eigenvalue weighted by Crippen LogP contribution is 2.36. The van der Waals surface area contributed by atoms with E-state index in [1.165, 1.54) is 30.1 Å². The number of alkyl halides is 2. The van der Waals surface area contributed by atoms with Crippen LogP contribution in [0.4, 0.5) is 19.0 Å². The molecule has 1 fully saturated rings. The maximum absolute atomic E-state index is 14.5. The fourth-order valence-corrected chi connectivity index (χ4v) is 5.66. The monoisotopic (exact) mass is 494 g/mol. The number of methoxy groups -OCH3 is 1. The third-order valence-electron chi connectivity index (χ3n) is 6.36. The minimum Gasteiger partial charge on any atom is -0.373 e. The molecule has 34 heavy (non-hydrogen) atoms. The van der Waals surface area contributed by atoms with Gasteiger partial charge in [-0.05, 0) is 25.3 Å². The highest BCUT2D eigenvalue weighted by molar-refractivity contribution is 7.84. The summed E-state index contributed by atoms with van der Waals surface area (Å²) in [6.07, 6.45) is -0.0261. The summed E-state index contributed by atoms with van der Waals surface area (Å²) in [5.41, 5.74) is -1.01. The van der Waals surface area contributed by atoms with Crippen molar-refractivity contribution in [2.75, 3.05) is 23.9 Å². The first kappa shape index (κ1) is 24.3. The van der Waals surface area contributed by atoms with Gasteiger partial charge in [0, 0.05) is 48.6 Å². The van der Waals surface area contributed by atoms with Crippen LogP contribution in [-0.2, 0) is 34.7 Å². The normalized spacial score (nSPS) is 21.1. The van der Waals surface area contributed by atoms with Gasteiger partial charge in [-0.25, -0.2) is 23.1 Å². The molecule has 2 aromatic heterocycles. The molecule has 7 nitrogen and oxygen atoms in total. The van der Waals surface area contributed by atoms with Gasteiger partial charge in [0.2, 0.25) is 0 Å². The van der Waals surface area contributed by atoms with Gasteiger partial charge in [0.15, 0.2) is 0 Å². The first-order valence-corrected chi connectivity index (χ1v) is 12.3. The Bertz CT molecular complexity index is 1300. The molecule has 1 aliphatic heterocycles. The van der Waals surface area contributed by atoms with E-state index in [9.17, 15) is 22.2 Å². The Balaban J connectivity index is 1.77. The summed E-state index contributed by atoms with van der Waals surface area (Å²) < 4.78 is 60.0. The van der Waals surface area contributed by atoms with Gasteiger partial charge < -0.3 is 10.1 Å². The molecule has 2 unspecified atom stereocenters. The Labute approximate surface area is 196 Å². The van der Waals surface area contributed by atoms with E-state index in [0.29, 0.717) is 53.2 Å². The summed E-state index contributed by atoms with van der Waals surface area (Å²) in [4.78, 5) is 21.8. The van der Waals surface area contributed by atoms with Crippen LogP contribution < -0.4 is 10.9 Å². The Hall–Kier alpha value is -2.79. The van der Waals surface area contributed by atoms with Crippen molar-refractivity contribution >= 4 is 27.7 Å². The number of hydrogen-bond donors (Lipinski definition) is 1. The van der Waals surface area contributed by atoms with Crippen LogP contribution in [0.5, 0.6) is 0 Å². The fourth-order valence-electron chi connectivity index (χ4n) is 4.43. The SMILES string of the molecule is COC1(c2cc3c(NCc4cccc(C(F)F)c4F)ncnc3n(C)c2=O)CCCS(=O)CC1. The average Bonchev–Trinajstić information content (AvgIpc) is 3.02. The van der Waals surface area contributed by atoms with Gasteiger partial charge in [-0.2, -0.15) is 0 Å². The van der Waals surface area contributed by atoms with E-state index in [0.717, 1.165) is 6.07 Å². The summed E-state index contributed by atoms with van der Waals surface area (Å²) >= 11 is 0. The van der Waals surface area contributed by atoms with Crippen LogP contribution in [0, 0.1) is 5.82 Å². The second-order valence-corrected chi connectivity index (χ2v) is 9.95. The molecule has 0 spiro atoms. The van der Waals surface area contributed by atoms with E-state index in [1.54, 1.807) is 13.1 Å². The molecule has 0 amide bonds. The minimum absolute atomic E-state index is 0.0641. The molecule has 1 aliphatic rings. The van der Waals surface area contributed by atoms with Gasteiger partial charge in [-0.3, -0.25) is 13.6 Å². The van der Waals surface area contributed by atoms with Crippen LogP contribution in [0.2, 0.25) is 0 Å². The number of pyridine rings is 1. The lowest BCUT2D eigenvalue weighted by Gasteiger charge is -2.31. The van der Waals surface area contributed by atoms with Crippen molar-refractivity contribution in [3.63, 3.8) is 0 Å². The molecule has 3 aromatic rings. The Kier molecular flexibility index (Phi) is 7.04. The molecule has 0 saturated carbocycles. The minimum atomic E-state index is -2.92. The molecule has 0 radical (unpaired) electrons. The van der Waals surface area contributed by atoms with Crippen molar-refractivity contribution in [3.05, 3.63) is 63.5 Å². The van der Waals surface area contributed by atoms with Crippen LogP contribution in [0.15, 0.2) is 35.4 Å². The average molecular weight is 495 g/mol. The van der Waals surface area contributed by atoms with Crippen LogP contribution in [0.3, 0.4) is 0 Å². The molecular formula is C23H25F3N4O3S. The Morgan fingerprint density at radius 2 is 2.06 bits per heavy atom. The van der Waals surface area contributed by atoms with Gasteiger partial charge in [-0.15, -0.1) is 0 Å². The maximum atomic E-state index is 14.5. The van der Waals surface area contributed by atoms with Crippen molar-refractivity contribution < 1.29 is 22.1 Å². The molecule has 2 atom stereocenters. The largest absolute Gasteiger partial charge is 0.373 e. The molecule has 4 rings (SSSR count). The molecule has 3 heterocycles. The van der Waals surface area contributed by atoms with Crippen LogP contribution >= 0.6 is 0 Å². The van der Waals surface area contributed by atoms with Crippen molar-refractivity contribution in [2.45, 2.75) is 37.8 Å². The third kappa shape index (κ3) is 4.46. The van der Waals surface area contributed by atoms with Gasteiger partial charge in [-0.1, -0.05) is 18.2 Å². The van der Waals surface area contributed by atoms with Gasteiger partial charge in [0.1, 0.15) is 23.6 Å². The third-order valence-corrected chi connectivity index (χ3v) is 7.77. The number of benzene rings is 1. The summed E-state index contributed by atoms with van der Waals surface area (Å²) in [5, 5.41) is 3.50. The zero-order chi connectivity index (χ0) is 24.5. The van der Waals surface area contributed by atoms with Crippen molar-refractivity contribution in [1.29, 1.82) is 0 Å². The molecule has 1 aromatic carbocycles. The summed E-state index contributed by atoms with van der Waals surface area (Å²) in [6, 6.07) is 5.52. The molecule has 182 valence electrons. The zero-order valence-electron chi connectivity index (χ0n) is 18.8. The van der Waals surface area contributed by atoms with E-state index >= 15 is 0 Å². The first-order chi connectivity index (χ1) is 16.3. The highest BCUT2D eigenvalue weighted by Gasteiger charge is 2.37. The van der Waals surface area contributed by atoms with Gasteiger partial charge in [0.25, 0.3) is 12.0 Å². The molecule has 11 heteroatoms. The quantitative estimate of drug-likeness (QED) is 0.561. The lowest BCUT2D eigenvalue weighted by molar-refractivity contribution is -0.0252.